The van der Waals surface area contributed by atoms with Gasteiger partial charge in [0.2, 0.25) is 24.1 Å². The molecule has 0 unspecified atom stereocenters. The van der Waals surface area contributed by atoms with E-state index in [2.05, 4.69) is 10.6 Å². The minimum atomic E-state index is -0.245. The summed E-state index contributed by atoms with van der Waals surface area (Å²) < 4.78 is 0. The fourth-order valence-electron chi connectivity index (χ4n) is 1.51. The first-order valence-electron chi connectivity index (χ1n) is 5.42. The first-order valence-corrected chi connectivity index (χ1v) is 5.42. The fourth-order valence-corrected chi connectivity index (χ4v) is 1.51. The zero-order chi connectivity index (χ0) is 12.7. The highest BCUT2D eigenvalue weighted by atomic mass is 16.2. The van der Waals surface area contributed by atoms with Crippen LogP contribution in [0.2, 0.25) is 0 Å². The molecule has 1 heterocycles. The van der Waals surface area contributed by atoms with Gasteiger partial charge in [0.25, 0.3) is 0 Å². The second kappa shape index (κ2) is 6.62. The zero-order valence-electron chi connectivity index (χ0n) is 9.40. The molecule has 1 saturated heterocycles. The predicted molar refractivity (Wildman–Crippen MR) is 57.6 cm³/mol. The largest absolute Gasteiger partial charge is 0.357 e. The Bertz CT molecular complexity index is 314. The van der Waals surface area contributed by atoms with Crippen LogP contribution < -0.4 is 10.6 Å². The Morgan fingerprint density at radius 2 is 1.88 bits per heavy atom. The Kier molecular flexibility index (Phi) is 5.12. The zero-order valence-corrected chi connectivity index (χ0v) is 9.40. The van der Waals surface area contributed by atoms with Crippen LogP contribution in [0, 0.1) is 0 Å². The molecule has 7 nitrogen and oxygen atoms in total. The van der Waals surface area contributed by atoms with Gasteiger partial charge in [-0.2, -0.15) is 0 Å². The summed E-state index contributed by atoms with van der Waals surface area (Å²) in [5, 5.41) is 4.96. The van der Waals surface area contributed by atoms with Gasteiger partial charge in [-0.25, -0.2) is 0 Å². The van der Waals surface area contributed by atoms with Crippen molar-refractivity contribution in [1.82, 2.24) is 15.5 Å². The van der Waals surface area contributed by atoms with Crippen LogP contribution in [0.5, 0.6) is 0 Å². The van der Waals surface area contributed by atoms with Crippen molar-refractivity contribution < 1.29 is 19.2 Å². The molecule has 0 atom stereocenters. The third kappa shape index (κ3) is 4.21. The summed E-state index contributed by atoms with van der Waals surface area (Å²) in [6, 6.07) is 0. The summed E-state index contributed by atoms with van der Waals surface area (Å²) in [4.78, 5) is 44.8. The second-order valence-corrected chi connectivity index (χ2v) is 3.61. The van der Waals surface area contributed by atoms with Crippen LogP contribution in [0.4, 0.5) is 0 Å². The maximum Gasteiger partial charge on any atom is 0.229 e. The molecule has 0 aliphatic carbocycles. The molecule has 1 fully saturated rings. The molecule has 0 aromatic carbocycles. The van der Waals surface area contributed by atoms with E-state index in [1.54, 1.807) is 0 Å². The average molecular weight is 241 g/mol. The summed E-state index contributed by atoms with van der Waals surface area (Å²) in [5.74, 6) is -0.680. The van der Waals surface area contributed by atoms with Crippen LogP contribution in [0.25, 0.3) is 0 Å². The number of hydrogen-bond donors (Lipinski definition) is 2. The summed E-state index contributed by atoms with van der Waals surface area (Å²) in [5.41, 5.74) is 0. The van der Waals surface area contributed by atoms with Gasteiger partial charge in [-0.15, -0.1) is 0 Å². The third-order valence-corrected chi connectivity index (χ3v) is 2.39. The normalized spacial score (nSPS) is 14.9. The van der Waals surface area contributed by atoms with Crippen molar-refractivity contribution in [3.05, 3.63) is 0 Å². The monoisotopic (exact) mass is 241 g/mol. The smallest absolute Gasteiger partial charge is 0.229 e. The number of rotatable bonds is 7. The number of carbonyl (C=O) groups excluding carboxylic acids is 4. The molecule has 0 saturated carbocycles. The molecule has 0 radical (unpaired) electrons. The maximum atomic E-state index is 11.3. The van der Waals surface area contributed by atoms with E-state index in [1.807, 2.05) is 0 Å². The molecule has 7 heteroatoms. The van der Waals surface area contributed by atoms with E-state index in [0.29, 0.717) is 19.5 Å². The van der Waals surface area contributed by atoms with Gasteiger partial charge in [-0.3, -0.25) is 24.1 Å². The van der Waals surface area contributed by atoms with Crippen molar-refractivity contribution in [1.29, 1.82) is 0 Å². The van der Waals surface area contributed by atoms with Gasteiger partial charge < -0.3 is 10.6 Å². The lowest BCUT2D eigenvalue weighted by Gasteiger charge is -2.13. The van der Waals surface area contributed by atoms with Gasteiger partial charge in [0.05, 0.1) is 0 Å². The maximum absolute atomic E-state index is 11.3. The van der Waals surface area contributed by atoms with Crippen LogP contribution >= 0.6 is 0 Å². The standard InChI is InChI=1S/C10H15N3O4/c14-7-11-4-5-12-8(15)3-6-13-9(16)1-2-10(13)17/h7H,1-6H2,(H,11,14)(H,12,15). The molecular weight excluding hydrogens is 226 g/mol. The topological polar surface area (TPSA) is 95.6 Å². The lowest BCUT2D eigenvalue weighted by atomic mass is 10.3. The molecule has 1 rings (SSSR count). The van der Waals surface area contributed by atoms with Crippen molar-refractivity contribution >= 4 is 24.1 Å². The Labute approximate surface area is 98.5 Å². The average Bonchev–Trinajstić information content (AvgIpc) is 2.62. The number of imide groups is 1. The Morgan fingerprint density at radius 3 is 2.47 bits per heavy atom. The number of nitrogens with zero attached hydrogens (tertiary/aromatic N) is 1. The van der Waals surface area contributed by atoms with Crippen molar-refractivity contribution in [2.24, 2.45) is 0 Å². The minimum absolute atomic E-state index is 0.0958. The highest BCUT2D eigenvalue weighted by Crippen LogP contribution is 2.11. The first-order chi connectivity index (χ1) is 8.15. The first kappa shape index (κ1) is 13.1. The molecule has 2 N–H and O–H groups in total. The number of likely N-dealkylation sites (tertiary alicyclic amines) is 1. The molecule has 0 aromatic rings. The Morgan fingerprint density at radius 1 is 1.24 bits per heavy atom. The summed E-state index contributed by atoms with van der Waals surface area (Å²) in [6.45, 7) is 0.820. The van der Waals surface area contributed by atoms with Gasteiger partial charge in [0.1, 0.15) is 0 Å². The highest BCUT2D eigenvalue weighted by molar-refractivity contribution is 6.02. The van der Waals surface area contributed by atoms with Crippen LogP contribution in [-0.4, -0.2) is 48.7 Å². The molecule has 0 bridgehead atoms. The lowest BCUT2D eigenvalue weighted by Crippen LogP contribution is -2.36. The summed E-state index contributed by atoms with van der Waals surface area (Å²) >= 11 is 0. The van der Waals surface area contributed by atoms with E-state index < -0.39 is 0 Å². The van der Waals surface area contributed by atoms with Gasteiger partial charge >= 0.3 is 0 Å². The van der Waals surface area contributed by atoms with E-state index in [-0.39, 0.29) is 43.5 Å². The van der Waals surface area contributed by atoms with E-state index in [9.17, 15) is 19.2 Å². The van der Waals surface area contributed by atoms with Crippen molar-refractivity contribution in [2.45, 2.75) is 19.3 Å². The lowest BCUT2D eigenvalue weighted by molar-refractivity contribution is -0.138. The number of carbonyl (C=O) groups is 4. The molecule has 1 aliphatic heterocycles. The van der Waals surface area contributed by atoms with E-state index in [0.717, 1.165) is 4.90 Å². The third-order valence-electron chi connectivity index (χ3n) is 2.39. The highest BCUT2D eigenvalue weighted by Gasteiger charge is 2.28. The molecule has 94 valence electrons. The molecule has 1 aliphatic rings. The quantitative estimate of drug-likeness (QED) is 0.318. The minimum Gasteiger partial charge on any atom is -0.357 e. The van der Waals surface area contributed by atoms with Crippen molar-refractivity contribution in [3.63, 3.8) is 0 Å². The van der Waals surface area contributed by atoms with Gasteiger partial charge in [-0.1, -0.05) is 0 Å². The van der Waals surface area contributed by atoms with E-state index in [1.165, 1.54) is 0 Å². The number of nitrogens with one attached hydrogen (secondary N) is 2. The Hall–Kier alpha value is -1.92. The van der Waals surface area contributed by atoms with Crippen LogP contribution in [-0.2, 0) is 19.2 Å². The predicted octanol–water partition coefficient (Wildman–Crippen LogP) is -1.61. The van der Waals surface area contributed by atoms with Crippen molar-refractivity contribution in [3.8, 4) is 0 Å². The van der Waals surface area contributed by atoms with E-state index in [4.69, 9.17) is 0 Å². The van der Waals surface area contributed by atoms with Gasteiger partial charge in [0.15, 0.2) is 0 Å². The van der Waals surface area contributed by atoms with Crippen LogP contribution in [0.3, 0.4) is 0 Å². The molecular formula is C10H15N3O4. The van der Waals surface area contributed by atoms with Crippen molar-refractivity contribution in [2.75, 3.05) is 19.6 Å². The SMILES string of the molecule is O=CNCCNC(=O)CCN1C(=O)CCC1=O. The molecule has 4 amide bonds. The molecule has 0 spiro atoms. The van der Waals surface area contributed by atoms with Gasteiger partial charge in [0, 0.05) is 38.9 Å². The second-order valence-electron chi connectivity index (χ2n) is 3.61. The van der Waals surface area contributed by atoms with Crippen LogP contribution in [0.15, 0.2) is 0 Å². The van der Waals surface area contributed by atoms with E-state index >= 15 is 0 Å². The molecule has 0 aromatic heterocycles. The summed E-state index contributed by atoms with van der Waals surface area (Å²) in [7, 11) is 0. The Balaban J connectivity index is 2.17. The number of amides is 4. The van der Waals surface area contributed by atoms with Crippen LogP contribution in [0.1, 0.15) is 19.3 Å². The molecule has 17 heavy (non-hydrogen) atoms. The fraction of sp³-hybridized carbons (Fsp3) is 0.600. The van der Waals surface area contributed by atoms with Gasteiger partial charge in [-0.05, 0) is 0 Å². The number of hydrogen-bond acceptors (Lipinski definition) is 4. The summed E-state index contributed by atoms with van der Waals surface area (Å²) in [6.07, 6.45) is 1.12.